The van der Waals surface area contributed by atoms with Crippen molar-refractivity contribution in [3.05, 3.63) is 36.3 Å². The third-order valence-corrected chi connectivity index (χ3v) is 2.37. The molecule has 17 heavy (non-hydrogen) atoms. The van der Waals surface area contributed by atoms with E-state index in [-0.39, 0.29) is 5.82 Å². The van der Waals surface area contributed by atoms with E-state index in [1.165, 1.54) is 12.3 Å². The Kier molecular flexibility index (Phi) is 5.10. The Hall–Kier alpha value is -1.42. The normalized spacial score (nSPS) is 10.6. The van der Waals surface area contributed by atoms with Crippen LogP contribution < -0.4 is 10.2 Å². The van der Waals surface area contributed by atoms with E-state index in [1.54, 1.807) is 6.08 Å². The van der Waals surface area contributed by atoms with Crippen molar-refractivity contribution >= 4 is 5.82 Å². The fourth-order valence-corrected chi connectivity index (χ4v) is 1.54. The maximum absolute atomic E-state index is 13.2. The molecule has 0 saturated heterocycles. The van der Waals surface area contributed by atoms with Crippen molar-refractivity contribution in [2.45, 2.75) is 26.4 Å². The Morgan fingerprint density at radius 1 is 1.59 bits per heavy atom. The van der Waals surface area contributed by atoms with Crippen molar-refractivity contribution in [3.8, 4) is 0 Å². The number of anilines is 1. The predicted molar refractivity (Wildman–Crippen MR) is 69.6 cm³/mol. The van der Waals surface area contributed by atoms with Crippen LogP contribution in [0.1, 0.15) is 19.4 Å². The molecule has 0 aromatic carbocycles. The molecular weight excluding hydrogens is 217 g/mol. The maximum Gasteiger partial charge on any atom is 0.141 e. The minimum atomic E-state index is -0.304. The number of aromatic nitrogens is 1. The van der Waals surface area contributed by atoms with Gasteiger partial charge in [-0.15, -0.1) is 6.58 Å². The minimum Gasteiger partial charge on any atom is -0.356 e. The SMILES string of the molecule is C=CCN(C)c1ncc(F)cc1CNC(C)C. The van der Waals surface area contributed by atoms with E-state index in [2.05, 4.69) is 30.7 Å². The Morgan fingerprint density at radius 3 is 2.88 bits per heavy atom. The number of halogens is 1. The van der Waals surface area contributed by atoms with Crippen LogP contribution in [0.25, 0.3) is 0 Å². The number of hydrogen-bond acceptors (Lipinski definition) is 3. The van der Waals surface area contributed by atoms with E-state index in [4.69, 9.17) is 0 Å². The first-order chi connectivity index (χ1) is 8.04. The summed E-state index contributed by atoms with van der Waals surface area (Å²) in [4.78, 5) is 6.09. The fourth-order valence-electron chi connectivity index (χ4n) is 1.54. The van der Waals surface area contributed by atoms with Crippen molar-refractivity contribution in [1.82, 2.24) is 10.3 Å². The highest BCUT2D eigenvalue weighted by molar-refractivity contribution is 5.46. The summed E-state index contributed by atoms with van der Waals surface area (Å²) in [5.74, 6) is 0.487. The summed E-state index contributed by atoms with van der Waals surface area (Å²) in [5.41, 5.74) is 0.864. The first-order valence-corrected chi connectivity index (χ1v) is 5.74. The van der Waals surface area contributed by atoms with Crippen molar-refractivity contribution in [3.63, 3.8) is 0 Å². The molecule has 4 heteroatoms. The van der Waals surface area contributed by atoms with E-state index in [0.29, 0.717) is 19.1 Å². The summed E-state index contributed by atoms with van der Waals surface area (Å²) in [6.07, 6.45) is 3.04. The number of rotatable bonds is 6. The summed E-state index contributed by atoms with van der Waals surface area (Å²) < 4.78 is 13.2. The van der Waals surface area contributed by atoms with Crippen molar-refractivity contribution in [2.75, 3.05) is 18.5 Å². The highest BCUT2D eigenvalue weighted by Crippen LogP contribution is 2.17. The lowest BCUT2D eigenvalue weighted by Gasteiger charge is -2.20. The third kappa shape index (κ3) is 4.15. The van der Waals surface area contributed by atoms with Crippen LogP contribution in [-0.4, -0.2) is 24.6 Å². The smallest absolute Gasteiger partial charge is 0.141 e. The Morgan fingerprint density at radius 2 is 2.29 bits per heavy atom. The van der Waals surface area contributed by atoms with Gasteiger partial charge < -0.3 is 10.2 Å². The van der Waals surface area contributed by atoms with Gasteiger partial charge in [0.05, 0.1) is 6.20 Å². The largest absolute Gasteiger partial charge is 0.356 e. The highest BCUT2D eigenvalue weighted by atomic mass is 19.1. The van der Waals surface area contributed by atoms with Gasteiger partial charge in [0.15, 0.2) is 0 Å². The summed E-state index contributed by atoms with van der Waals surface area (Å²) in [6, 6.07) is 1.88. The zero-order chi connectivity index (χ0) is 12.8. The molecule has 1 heterocycles. The maximum atomic E-state index is 13.2. The van der Waals surface area contributed by atoms with Crippen LogP contribution in [0.15, 0.2) is 24.9 Å². The van der Waals surface area contributed by atoms with E-state index >= 15 is 0 Å². The average Bonchev–Trinajstić information content (AvgIpc) is 2.26. The summed E-state index contributed by atoms with van der Waals surface area (Å²) in [5, 5.41) is 3.27. The van der Waals surface area contributed by atoms with Crippen LogP contribution in [0, 0.1) is 5.82 Å². The summed E-state index contributed by atoms with van der Waals surface area (Å²) in [6.45, 7) is 9.10. The molecule has 0 aliphatic carbocycles. The lowest BCUT2D eigenvalue weighted by atomic mass is 10.2. The Balaban J connectivity index is 2.90. The van der Waals surface area contributed by atoms with E-state index in [1.807, 2.05) is 11.9 Å². The van der Waals surface area contributed by atoms with Crippen LogP contribution >= 0.6 is 0 Å². The predicted octanol–water partition coefficient (Wildman–Crippen LogP) is 2.34. The minimum absolute atomic E-state index is 0.304. The zero-order valence-corrected chi connectivity index (χ0v) is 10.7. The number of pyridine rings is 1. The third-order valence-electron chi connectivity index (χ3n) is 2.37. The van der Waals surface area contributed by atoms with Gasteiger partial charge in [-0.25, -0.2) is 9.37 Å². The standard InChI is InChI=1S/C13H20FN3/c1-5-6-17(4)13-11(8-15-10(2)3)7-12(14)9-16-13/h5,7,9-10,15H,1,6,8H2,2-4H3. The van der Waals surface area contributed by atoms with Gasteiger partial charge in [0.2, 0.25) is 0 Å². The average molecular weight is 237 g/mol. The van der Waals surface area contributed by atoms with Crippen LogP contribution in [0.4, 0.5) is 10.2 Å². The van der Waals surface area contributed by atoms with Gasteiger partial charge in [-0.1, -0.05) is 19.9 Å². The van der Waals surface area contributed by atoms with Gasteiger partial charge in [0, 0.05) is 31.7 Å². The van der Waals surface area contributed by atoms with Crippen LogP contribution in [-0.2, 0) is 6.54 Å². The molecule has 0 bridgehead atoms. The molecule has 0 unspecified atom stereocenters. The monoisotopic (exact) mass is 237 g/mol. The van der Waals surface area contributed by atoms with E-state index < -0.39 is 0 Å². The van der Waals surface area contributed by atoms with Crippen molar-refractivity contribution in [1.29, 1.82) is 0 Å². The fraction of sp³-hybridized carbons (Fsp3) is 0.462. The molecule has 0 fully saturated rings. The second-order valence-electron chi connectivity index (χ2n) is 4.34. The molecular formula is C13H20FN3. The van der Waals surface area contributed by atoms with Gasteiger partial charge >= 0.3 is 0 Å². The van der Waals surface area contributed by atoms with Gasteiger partial charge in [-0.2, -0.15) is 0 Å². The van der Waals surface area contributed by atoms with E-state index in [9.17, 15) is 4.39 Å². The molecule has 1 aromatic rings. The number of nitrogens with zero attached hydrogens (tertiary/aromatic N) is 2. The highest BCUT2D eigenvalue weighted by Gasteiger charge is 2.09. The molecule has 0 saturated carbocycles. The molecule has 1 N–H and O–H groups in total. The molecule has 1 rings (SSSR count). The summed E-state index contributed by atoms with van der Waals surface area (Å²) in [7, 11) is 1.92. The lowest BCUT2D eigenvalue weighted by Crippen LogP contribution is -2.25. The molecule has 0 aliphatic heterocycles. The second-order valence-corrected chi connectivity index (χ2v) is 4.34. The molecule has 94 valence electrons. The Bertz CT molecular complexity index is 377. The number of likely N-dealkylation sites (N-methyl/N-ethyl adjacent to an activating group) is 1. The first kappa shape index (κ1) is 13.6. The molecule has 0 atom stereocenters. The van der Waals surface area contributed by atoms with Gasteiger partial charge in [-0.3, -0.25) is 0 Å². The van der Waals surface area contributed by atoms with Gasteiger partial charge in [-0.05, 0) is 6.07 Å². The van der Waals surface area contributed by atoms with Crippen molar-refractivity contribution in [2.24, 2.45) is 0 Å². The second kappa shape index (κ2) is 6.35. The van der Waals surface area contributed by atoms with Crippen LogP contribution in [0.3, 0.4) is 0 Å². The molecule has 0 amide bonds. The quantitative estimate of drug-likeness (QED) is 0.770. The molecule has 0 radical (unpaired) electrons. The molecule has 0 spiro atoms. The van der Waals surface area contributed by atoms with Gasteiger partial charge in [0.1, 0.15) is 11.6 Å². The van der Waals surface area contributed by atoms with E-state index in [0.717, 1.165) is 11.4 Å². The van der Waals surface area contributed by atoms with Crippen LogP contribution in [0.5, 0.6) is 0 Å². The number of nitrogens with one attached hydrogen (secondary N) is 1. The van der Waals surface area contributed by atoms with Crippen molar-refractivity contribution < 1.29 is 4.39 Å². The molecule has 0 aliphatic rings. The first-order valence-electron chi connectivity index (χ1n) is 5.74. The number of hydrogen-bond donors (Lipinski definition) is 1. The van der Waals surface area contributed by atoms with Gasteiger partial charge in [0.25, 0.3) is 0 Å². The zero-order valence-electron chi connectivity index (χ0n) is 10.7. The summed E-state index contributed by atoms with van der Waals surface area (Å²) >= 11 is 0. The Labute approximate surface area is 102 Å². The molecule has 3 nitrogen and oxygen atoms in total. The van der Waals surface area contributed by atoms with Crippen LogP contribution in [0.2, 0.25) is 0 Å². The molecule has 1 aromatic heterocycles. The lowest BCUT2D eigenvalue weighted by molar-refractivity contribution is 0.577. The topological polar surface area (TPSA) is 28.2 Å².